The number of methoxy groups -OCH3 is 1. The quantitative estimate of drug-likeness (QED) is 0.664. The average Bonchev–Trinajstić information content (AvgIpc) is 2.33. The number of aliphatic hydroxyl groups excluding tert-OH is 1. The summed E-state index contributed by atoms with van der Waals surface area (Å²) in [5.41, 5.74) is 5.05. The summed E-state index contributed by atoms with van der Waals surface area (Å²) < 4.78 is 30.6. The van der Waals surface area contributed by atoms with Gasteiger partial charge in [-0.3, -0.25) is 4.79 Å². The molecule has 18 heavy (non-hydrogen) atoms. The lowest BCUT2D eigenvalue weighted by Gasteiger charge is -2.16. The van der Waals surface area contributed by atoms with Crippen LogP contribution in [-0.4, -0.2) is 37.4 Å². The highest BCUT2D eigenvalue weighted by atomic mass is 19.2. The summed E-state index contributed by atoms with van der Waals surface area (Å²) in [5, 5.41) is 11.3. The molecule has 0 aliphatic carbocycles. The minimum Gasteiger partial charge on any atom is -0.398 e. The van der Waals surface area contributed by atoms with Crippen LogP contribution in [0.5, 0.6) is 0 Å². The number of hydrogen-bond acceptors (Lipinski definition) is 4. The molecule has 1 aromatic rings. The number of aliphatic hydroxyl groups is 1. The van der Waals surface area contributed by atoms with E-state index < -0.39 is 23.6 Å². The number of nitrogens with one attached hydrogen (secondary N) is 1. The van der Waals surface area contributed by atoms with Crippen LogP contribution in [0.2, 0.25) is 0 Å². The van der Waals surface area contributed by atoms with Gasteiger partial charge in [0.15, 0.2) is 11.6 Å². The van der Waals surface area contributed by atoms with Gasteiger partial charge in [-0.15, -0.1) is 0 Å². The second-order valence-electron chi connectivity index (χ2n) is 3.66. The molecule has 0 aromatic heterocycles. The zero-order valence-corrected chi connectivity index (χ0v) is 9.74. The van der Waals surface area contributed by atoms with Crippen molar-refractivity contribution < 1.29 is 23.4 Å². The molecule has 1 rings (SSSR count). The summed E-state index contributed by atoms with van der Waals surface area (Å²) in [4.78, 5) is 11.7. The van der Waals surface area contributed by atoms with E-state index in [-0.39, 0.29) is 24.5 Å². The Bertz CT molecular complexity index is 441. The Hall–Kier alpha value is -1.73. The number of halogens is 2. The van der Waals surface area contributed by atoms with Crippen molar-refractivity contribution in [2.45, 2.75) is 6.04 Å². The van der Waals surface area contributed by atoms with Gasteiger partial charge in [0.1, 0.15) is 0 Å². The van der Waals surface area contributed by atoms with Crippen molar-refractivity contribution in [2.24, 2.45) is 0 Å². The van der Waals surface area contributed by atoms with Gasteiger partial charge in [-0.05, 0) is 6.07 Å². The molecule has 0 spiro atoms. The number of nitrogens with two attached hydrogens (primary N) is 1. The first-order valence-corrected chi connectivity index (χ1v) is 5.14. The van der Waals surface area contributed by atoms with Crippen molar-refractivity contribution >= 4 is 11.6 Å². The number of carbonyl (C=O) groups is 1. The molecule has 0 fully saturated rings. The average molecular weight is 260 g/mol. The molecule has 1 atom stereocenters. The smallest absolute Gasteiger partial charge is 0.253 e. The van der Waals surface area contributed by atoms with Crippen molar-refractivity contribution in [3.63, 3.8) is 0 Å². The number of anilines is 1. The Kier molecular flexibility index (Phi) is 4.99. The second kappa shape index (κ2) is 6.27. The van der Waals surface area contributed by atoms with E-state index in [2.05, 4.69) is 5.32 Å². The Morgan fingerprint density at radius 2 is 2.11 bits per heavy atom. The summed E-state index contributed by atoms with van der Waals surface area (Å²) in [5.74, 6) is -3.00. The molecular formula is C11H14F2N2O3. The van der Waals surface area contributed by atoms with Crippen molar-refractivity contribution in [1.82, 2.24) is 5.32 Å². The van der Waals surface area contributed by atoms with E-state index in [1.54, 1.807) is 0 Å². The zero-order chi connectivity index (χ0) is 13.7. The molecule has 0 bridgehead atoms. The molecule has 7 heteroatoms. The second-order valence-corrected chi connectivity index (χ2v) is 3.66. The van der Waals surface area contributed by atoms with E-state index in [1.807, 2.05) is 0 Å². The van der Waals surface area contributed by atoms with Crippen LogP contribution >= 0.6 is 0 Å². The predicted octanol–water partition coefficient (Wildman–Crippen LogP) is 0.284. The highest BCUT2D eigenvalue weighted by Crippen LogP contribution is 2.17. The van der Waals surface area contributed by atoms with Crippen molar-refractivity contribution in [1.29, 1.82) is 0 Å². The first-order chi connectivity index (χ1) is 8.49. The van der Waals surface area contributed by atoms with Crippen LogP contribution in [0.15, 0.2) is 12.1 Å². The van der Waals surface area contributed by atoms with Crippen LogP contribution in [0.4, 0.5) is 14.5 Å². The van der Waals surface area contributed by atoms with Gasteiger partial charge in [-0.1, -0.05) is 0 Å². The third kappa shape index (κ3) is 3.38. The van der Waals surface area contributed by atoms with Gasteiger partial charge in [-0.25, -0.2) is 8.78 Å². The number of hydrogen-bond donors (Lipinski definition) is 3. The fourth-order valence-corrected chi connectivity index (χ4v) is 1.36. The maximum absolute atomic E-state index is 13.0. The highest BCUT2D eigenvalue weighted by molar-refractivity contribution is 5.99. The third-order valence-corrected chi connectivity index (χ3v) is 2.26. The highest BCUT2D eigenvalue weighted by Gasteiger charge is 2.17. The van der Waals surface area contributed by atoms with E-state index in [4.69, 9.17) is 15.6 Å². The van der Waals surface area contributed by atoms with Crippen LogP contribution in [-0.2, 0) is 4.74 Å². The number of rotatable bonds is 5. The molecule has 0 heterocycles. The van der Waals surface area contributed by atoms with E-state index in [0.717, 1.165) is 6.07 Å². The predicted molar refractivity (Wildman–Crippen MR) is 61.0 cm³/mol. The lowest BCUT2D eigenvalue weighted by Crippen LogP contribution is -2.40. The minimum atomic E-state index is -1.17. The molecule has 4 N–H and O–H groups in total. The van der Waals surface area contributed by atoms with Gasteiger partial charge >= 0.3 is 0 Å². The van der Waals surface area contributed by atoms with Gasteiger partial charge < -0.3 is 20.9 Å². The number of carbonyl (C=O) groups excluding carboxylic acids is 1. The van der Waals surface area contributed by atoms with Gasteiger partial charge in [0, 0.05) is 18.9 Å². The molecule has 1 aromatic carbocycles. The van der Waals surface area contributed by atoms with E-state index in [1.165, 1.54) is 7.11 Å². The van der Waals surface area contributed by atoms with Crippen LogP contribution in [0, 0.1) is 11.6 Å². The standard InChI is InChI=1S/C11H14F2N2O3/c1-18-5-6(4-16)15-11(17)7-2-8(12)9(13)3-10(7)14/h2-3,6,16H,4-5,14H2,1H3,(H,15,17). The third-order valence-electron chi connectivity index (χ3n) is 2.26. The van der Waals surface area contributed by atoms with Crippen LogP contribution < -0.4 is 11.1 Å². The first kappa shape index (κ1) is 14.3. The molecule has 1 amide bonds. The van der Waals surface area contributed by atoms with Crippen molar-refractivity contribution in [2.75, 3.05) is 26.1 Å². The van der Waals surface area contributed by atoms with E-state index >= 15 is 0 Å². The first-order valence-electron chi connectivity index (χ1n) is 5.14. The Balaban J connectivity index is 2.87. The molecule has 0 saturated heterocycles. The maximum Gasteiger partial charge on any atom is 0.253 e. The Labute approximate surface area is 103 Å². The normalized spacial score (nSPS) is 12.2. The summed E-state index contributed by atoms with van der Waals surface area (Å²) in [6, 6.07) is 0.797. The Morgan fingerprint density at radius 1 is 1.50 bits per heavy atom. The Morgan fingerprint density at radius 3 is 2.67 bits per heavy atom. The van der Waals surface area contributed by atoms with Gasteiger partial charge in [0.05, 0.1) is 24.8 Å². The topological polar surface area (TPSA) is 84.6 Å². The summed E-state index contributed by atoms with van der Waals surface area (Å²) >= 11 is 0. The SMILES string of the molecule is COCC(CO)NC(=O)c1cc(F)c(F)cc1N. The number of ether oxygens (including phenoxy) is 1. The number of amides is 1. The van der Waals surface area contributed by atoms with Gasteiger partial charge in [0.2, 0.25) is 0 Å². The lowest BCUT2D eigenvalue weighted by atomic mass is 10.1. The maximum atomic E-state index is 13.0. The fraction of sp³-hybridized carbons (Fsp3) is 0.364. The zero-order valence-electron chi connectivity index (χ0n) is 9.74. The summed E-state index contributed by atoms with van der Waals surface area (Å²) in [6.07, 6.45) is 0. The minimum absolute atomic E-state index is 0.0891. The molecule has 0 radical (unpaired) electrons. The number of nitrogen functional groups attached to an aromatic ring is 1. The summed E-state index contributed by atoms with van der Waals surface area (Å²) in [6.45, 7) is -0.255. The van der Waals surface area contributed by atoms with E-state index in [0.29, 0.717) is 6.07 Å². The van der Waals surface area contributed by atoms with Gasteiger partial charge in [-0.2, -0.15) is 0 Å². The van der Waals surface area contributed by atoms with E-state index in [9.17, 15) is 13.6 Å². The molecule has 0 aliphatic rings. The monoisotopic (exact) mass is 260 g/mol. The molecule has 0 aliphatic heterocycles. The molecular weight excluding hydrogens is 246 g/mol. The molecule has 0 saturated carbocycles. The van der Waals surface area contributed by atoms with Crippen molar-refractivity contribution in [3.8, 4) is 0 Å². The summed E-state index contributed by atoms with van der Waals surface area (Å²) in [7, 11) is 1.40. The van der Waals surface area contributed by atoms with Crippen molar-refractivity contribution in [3.05, 3.63) is 29.3 Å². The van der Waals surface area contributed by atoms with Crippen LogP contribution in [0.1, 0.15) is 10.4 Å². The van der Waals surface area contributed by atoms with Crippen LogP contribution in [0.3, 0.4) is 0 Å². The van der Waals surface area contributed by atoms with Crippen LogP contribution in [0.25, 0.3) is 0 Å². The molecule has 1 unspecified atom stereocenters. The lowest BCUT2D eigenvalue weighted by molar-refractivity contribution is 0.0840. The van der Waals surface area contributed by atoms with Gasteiger partial charge in [0.25, 0.3) is 5.91 Å². The number of benzene rings is 1. The fourth-order valence-electron chi connectivity index (χ4n) is 1.36. The molecule has 100 valence electrons. The molecule has 5 nitrogen and oxygen atoms in total. The largest absolute Gasteiger partial charge is 0.398 e.